The second-order valence-electron chi connectivity index (χ2n) is 4.69. The Morgan fingerprint density at radius 1 is 1.04 bits per heavy atom. The molecule has 0 heterocycles. The number of esters is 1. The molecule has 0 N–H and O–H groups in total. The van der Waals surface area contributed by atoms with Crippen LogP contribution in [-0.2, 0) is 25.8 Å². The van der Waals surface area contributed by atoms with Crippen molar-refractivity contribution in [1.82, 2.24) is 0 Å². The van der Waals surface area contributed by atoms with Gasteiger partial charge in [-0.2, -0.15) is 0 Å². The summed E-state index contributed by atoms with van der Waals surface area (Å²) in [4.78, 5) is 21.9. The first-order valence-corrected chi connectivity index (χ1v) is 7.24. The fraction of sp³-hybridized carbons (Fsp3) is 0.167. The number of hydrogen-bond acceptors (Lipinski definition) is 6. The Labute approximate surface area is 140 Å². The van der Waals surface area contributed by atoms with E-state index in [1.807, 2.05) is 42.5 Å². The van der Waals surface area contributed by atoms with Gasteiger partial charge < -0.3 is 14.4 Å². The number of nitrogens with zero attached hydrogens (tertiary/aromatic N) is 2. The van der Waals surface area contributed by atoms with Crippen molar-refractivity contribution in [2.24, 2.45) is 10.3 Å². The van der Waals surface area contributed by atoms with E-state index in [4.69, 9.17) is 14.4 Å². The molecule has 0 aliphatic rings. The third kappa shape index (κ3) is 4.67. The van der Waals surface area contributed by atoms with Crippen LogP contribution in [0, 0.1) is 0 Å². The zero-order valence-corrected chi connectivity index (χ0v) is 13.5. The van der Waals surface area contributed by atoms with Gasteiger partial charge in [-0.1, -0.05) is 64.9 Å². The molecule has 0 fully saturated rings. The maximum absolute atomic E-state index is 11.9. The zero-order chi connectivity index (χ0) is 17.2. The monoisotopic (exact) mass is 326 g/mol. The second-order valence-corrected chi connectivity index (χ2v) is 4.69. The average molecular weight is 326 g/mol. The lowest BCUT2D eigenvalue weighted by Gasteiger charge is -2.09. The Kier molecular flexibility index (Phi) is 6.52. The van der Waals surface area contributed by atoms with E-state index in [2.05, 4.69) is 10.3 Å². The molecular weight excluding hydrogens is 308 g/mol. The van der Waals surface area contributed by atoms with Gasteiger partial charge in [-0.05, 0) is 5.56 Å². The van der Waals surface area contributed by atoms with Crippen LogP contribution in [0.3, 0.4) is 0 Å². The van der Waals surface area contributed by atoms with Crippen LogP contribution in [0.4, 0.5) is 0 Å². The minimum absolute atomic E-state index is 0.0752. The Morgan fingerprint density at radius 2 is 1.75 bits per heavy atom. The fourth-order valence-electron chi connectivity index (χ4n) is 2.01. The predicted octanol–water partition coefficient (Wildman–Crippen LogP) is 2.76. The molecule has 6 heteroatoms. The van der Waals surface area contributed by atoms with E-state index in [9.17, 15) is 4.79 Å². The van der Waals surface area contributed by atoms with Gasteiger partial charge in [0.25, 0.3) is 0 Å². The molecule has 0 amide bonds. The molecule has 2 rings (SSSR count). The summed E-state index contributed by atoms with van der Waals surface area (Å²) < 4.78 is 4.74. The minimum atomic E-state index is -0.586. The smallest absolute Gasteiger partial charge is 0.360 e. The highest BCUT2D eigenvalue weighted by molar-refractivity contribution is 6.43. The van der Waals surface area contributed by atoms with Gasteiger partial charge in [-0.25, -0.2) is 4.79 Å². The molecule has 2 aromatic rings. The molecule has 0 spiro atoms. The van der Waals surface area contributed by atoms with E-state index in [0.717, 1.165) is 11.1 Å². The molecule has 0 aromatic heterocycles. The predicted molar refractivity (Wildman–Crippen MR) is 90.8 cm³/mol. The zero-order valence-electron chi connectivity index (χ0n) is 13.5. The van der Waals surface area contributed by atoms with E-state index in [-0.39, 0.29) is 12.3 Å². The average Bonchev–Trinajstić information content (AvgIpc) is 2.64. The molecule has 0 bridgehead atoms. The van der Waals surface area contributed by atoms with Gasteiger partial charge in [0.05, 0.1) is 13.3 Å². The number of methoxy groups -OCH3 is 1. The van der Waals surface area contributed by atoms with Gasteiger partial charge >= 0.3 is 5.97 Å². The van der Waals surface area contributed by atoms with Crippen LogP contribution in [0.15, 0.2) is 64.9 Å². The van der Waals surface area contributed by atoms with E-state index in [1.54, 1.807) is 18.3 Å². The number of oxime groups is 2. The van der Waals surface area contributed by atoms with E-state index < -0.39 is 5.97 Å². The van der Waals surface area contributed by atoms with Crippen LogP contribution in [0.5, 0.6) is 0 Å². The highest BCUT2D eigenvalue weighted by Crippen LogP contribution is 2.13. The summed E-state index contributed by atoms with van der Waals surface area (Å²) in [6, 6.07) is 16.8. The Bertz CT molecular complexity index is 727. The molecule has 0 aliphatic carbocycles. The molecule has 0 aliphatic heterocycles. The molecule has 0 saturated carbocycles. The van der Waals surface area contributed by atoms with E-state index >= 15 is 0 Å². The highest BCUT2D eigenvalue weighted by Gasteiger charge is 2.19. The number of carbonyl (C=O) groups excluding carboxylic acids is 1. The summed E-state index contributed by atoms with van der Waals surface area (Å²) in [5.74, 6) is -0.586. The van der Waals surface area contributed by atoms with Gasteiger partial charge in [-0.15, -0.1) is 0 Å². The maximum Gasteiger partial charge on any atom is 0.360 e. The Hall–Kier alpha value is -3.15. The van der Waals surface area contributed by atoms with E-state index in [1.165, 1.54) is 14.2 Å². The number of carbonyl (C=O) groups is 1. The summed E-state index contributed by atoms with van der Waals surface area (Å²) in [6.07, 6.45) is 1.62. The van der Waals surface area contributed by atoms with Crippen molar-refractivity contribution in [3.8, 4) is 0 Å². The first-order valence-electron chi connectivity index (χ1n) is 7.24. The lowest BCUT2D eigenvalue weighted by Crippen LogP contribution is -2.19. The molecule has 6 nitrogen and oxygen atoms in total. The van der Waals surface area contributed by atoms with Crippen molar-refractivity contribution in [2.75, 3.05) is 14.2 Å². The van der Waals surface area contributed by atoms with Crippen molar-refractivity contribution >= 4 is 17.9 Å². The molecule has 0 radical (unpaired) electrons. The van der Waals surface area contributed by atoms with Crippen LogP contribution < -0.4 is 0 Å². The molecule has 0 unspecified atom stereocenters. The number of ether oxygens (including phenoxy) is 1. The maximum atomic E-state index is 11.9. The summed E-state index contributed by atoms with van der Waals surface area (Å²) in [7, 11) is 2.66. The summed E-state index contributed by atoms with van der Waals surface area (Å²) in [5, 5.41) is 7.69. The first kappa shape index (κ1) is 17.2. The Morgan fingerprint density at radius 3 is 2.46 bits per heavy atom. The third-order valence-electron chi connectivity index (χ3n) is 3.13. The second kappa shape index (κ2) is 9.09. The standard InChI is InChI=1S/C18H18N2O4/c1-22-18(21)17(20-23-2)16-11-7-6-10-15(16)13-24-19-12-14-8-4-3-5-9-14/h3-12H,13H2,1-2H3/b19-12-,20-17+. The van der Waals surface area contributed by atoms with E-state index in [0.29, 0.717) is 5.56 Å². The van der Waals surface area contributed by atoms with Gasteiger partial charge in [0.15, 0.2) is 5.71 Å². The molecule has 24 heavy (non-hydrogen) atoms. The third-order valence-corrected chi connectivity index (χ3v) is 3.13. The molecule has 0 saturated heterocycles. The first-order chi connectivity index (χ1) is 11.8. The van der Waals surface area contributed by atoms with Crippen molar-refractivity contribution in [3.05, 3.63) is 71.3 Å². The van der Waals surface area contributed by atoms with Crippen molar-refractivity contribution < 1.29 is 19.2 Å². The summed E-state index contributed by atoms with van der Waals surface area (Å²) in [6.45, 7) is 0.180. The number of rotatable bonds is 7. The number of hydrogen-bond donors (Lipinski definition) is 0. The molecule has 2 aromatic carbocycles. The van der Waals surface area contributed by atoms with Crippen molar-refractivity contribution in [2.45, 2.75) is 6.61 Å². The van der Waals surface area contributed by atoms with Gasteiger partial charge in [-0.3, -0.25) is 0 Å². The quantitative estimate of drug-likeness (QED) is 0.446. The SMILES string of the molecule is CO/N=C(/C(=O)OC)c1ccccc1CO/N=C\c1ccccc1. The van der Waals surface area contributed by atoms with Crippen molar-refractivity contribution in [3.63, 3.8) is 0 Å². The van der Waals surface area contributed by atoms with Gasteiger partial charge in [0.2, 0.25) is 0 Å². The molecule has 0 atom stereocenters. The summed E-state index contributed by atoms with van der Waals surface area (Å²) >= 11 is 0. The fourth-order valence-corrected chi connectivity index (χ4v) is 2.01. The van der Waals surface area contributed by atoms with Crippen LogP contribution in [0.25, 0.3) is 0 Å². The Balaban J connectivity index is 2.12. The lowest BCUT2D eigenvalue weighted by molar-refractivity contribution is -0.132. The lowest BCUT2D eigenvalue weighted by atomic mass is 10.0. The van der Waals surface area contributed by atoms with Crippen LogP contribution in [0.2, 0.25) is 0 Å². The highest BCUT2D eigenvalue weighted by atomic mass is 16.6. The topological polar surface area (TPSA) is 69.5 Å². The van der Waals surface area contributed by atoms with Crippen LogP contribution in [0.1, 0.15) is 16.7 Å². The van der Waals surface area contributed by atoms with Crippen LogP contribution >= 0.6 is 0 Å². The van der Waals surface area contributed by atoms with Crippen LogP contribution in [-0.4, -0.2) is 32.1 Å². The number of benzene rings is 2. The minimum Gasteiger partial charge on any atom is -0.464 e. The largest absolute Gasteiger partial charge is 0.464 e. The van der Waals surface area contributed by atoms with Gasteiger partial charge in [0.1, 0.15) is 13.7 Å². The summed E-state index contributed by atoms with van der Waals surface area (Å²) in [5.41, 5.74) is 2.32. The van der Waals surface area contributed by atoms with Gasteiger partial charge in [0, 0.05) is 11.1 Å². The van der Waals surface area contributed by atoms with Crippen molar-refractivity contribution in [1.29, 1.82) is 0 Å². The normalized spacial score (nSPS) is 11.3. The molecular formula is C18H18N2O4. The molecule has 124 valence electrons.